The van der Waals surface area contributed by atoms with Crippen LogP contribution in [0.5, 0.6) is 0 Å². The molecular formula is C12H19NO4. The van der Waals surface area contributed by atoms with E-state index in [9.17, 15) is 4.79 Å². The van der Waals surface area contributed by atoms with Gasteiger partial charge in [-0.3, -0.25) is 4.79 Å². The number of carbonyl (C=O) groups is 1. The van der Waals surface area contributed by atoms with Crippen LogP contribution < -0.4 is 0 Å². The van der Waals surface area contributed by atoms with Gasteiger partial charge in [-0.05, 0) is 12.1 Å². The molecule has 17 heavy (non-hydrogen) atoms. The second kappa shape index (κ2) is 7.09. The Morgan fingerprint density at radius 1 is 1.47 bits per heavy atom. The lowest BCUT2D eigenvalue weighted by Crippen LogP contribution is -2.35. The highest BCUT2D eigenvalue weighted by Gasteiger charge is 2.18. The minimum atomic E-state index is -0.212. The summed E-state index contributed by atoms with van der Waals surface area (Å²) in [5, 5.41) is 8.92. The fourth-order valence-corrected chi connectivity index (χ4v) is 1.48. The van der Waals surface area contributed by atoms with Gasteiger partial charge in [-0.25, -0.2) is 0 Å². The summed E-state index contributed by atoms with van der Waals surface area (Å²) in [7, 11) is 1.57. The van der Waals surface area contributed by atoms with Crippen LogP contribution in [0.2, 0.25) is 0 Å². The quantitative estimate of drug-likeness (QED) is 0.771. The molecule has 5 heteroatoms. The maximum absolute atomic E-state index is 12.0. The van der Waals surface area contributed by atoms with E-state index in [1.807, 2.05) is 6.92 Å². The van der Waals surface area contributed by atoms with Crippen LogP contribution in [0, 0.1) is 0 Å². The van der Waals surface area contributed by atoms with Gasteiger partial charge in [0.15, 0.2) is 5.76 Å². The standard InChI is InChI=1S/C12H19NO4/c1-3-10-4-5-11(17-10)12(15)13(6-8-14)7-9-16-2/h4-5,14H,3,6-9H2,1-2H3. The zero-order chi connectivity index (χ0) is 12.7. The highest BCUT2D eigenvalue weighted by molar-refractivity contribution is 5.91. The summed E-state index contributed by atoms with van der Waals surface area (Å²) in [6, 6.07) is 3.46. The minimum Gasteiger partial charge on any atom is -0.456 e. The summed E-state index contributed by atoms with van der Waals surface area (Å²) in [6.45, 7) is 3.05. The van der Waals surface area contributed by atoms with Gasteiger partial charge in [-0.2, -0.15) is 0 Å². The summed E-state index contributed by atoms with van der Waals surface area (Å²) in [6.07, 6.45) is 0.755. The van der Waals surface area contributed by atoms with Gasteiger partial charge >= 0.3 is 0 Å². The average Bonchev–Trinajstić information content (AvgIpc) is 2.82. The summed E-state index contributed by atoms with van der Waals surface area (Å²) in [5.41, 5.74) is 0. The first kappa shape index (κ1) is 13.7. The van der Waals surface area contributed by atoms with E-state index in [1.54, 1.807) is 19.2 Å². The SMILES string of the molecule is CCc1ccc(C(=O)N(CCO)CCOC)o1. The first-order chi connectivity index (χ1) is 8.22. The van der Waals surface area contributed by atoms with Crippen LogP contribution in [0.1, 0.15) is 23.2 Å². The normalized spacial score (nSPS) is 10.5. The van der Waals surface area contributed by atoms with Crippen LogP contribution in [0.3, 0.4) is 0 Å². The van der Waals surface area contributed by atoms with Crippen molar-refractivity contribution in [2.45, 2.75) is 13.3 Å². The van der Waals surface area contributed by atoms with E-state index in [-0.39, 0.29) is 19.1 Å². The van der Waals surface area contributed by atoms with Crippen molar-refractivity contribution in [3.8, 4) is 0 Å². The van der Waals surface area contributed by atoms with Crippen LogP contribution in [0.4, 0.5) is 0 Å². The first-order valence-electron chi connectivity index (χ1n) is 5.70. The molecule has 1 aromatic rings. The molecule has 0 bridgehead atoms. The molecule has 1 heterocycles. The van der Waals surface area contributed by atoms with E-state index in [4.69, 9.17) is 14.3 Å². The molecule has 1 N–H and O–H groups in total. The molecule has 0 fully saturated rings. The fourth-order valence-electron chi connectivity index (χ4n) is 1.48. The van der Waals surface area contributed by atoms with Crippen LogP contribution in [-0.4, -0.2) is 49.3 Å². The lowest BCUT2D eigenvalue weighted by atomic mass is 10.3. The fraction of sp³-hybridized carbons (Fsp3) is 0.583. The lowest BCUT2D eigenvalue weighted by molar-refractivity contribution is 0.0624. The van der Waals surface area contributed by atoms with Crippen molar-refractivity contribution in [2.75, 3.05) is 33.4 Å². The summed E-state index contributed by atoms with van der Waals surface area (Å²) in [5.74, 6) is 0.881. The number of furan rings is 1. The predicted octanol–water partition coefficient (Wildman–Crippen LogP) is 0.923. The van der Waals surface area contributed by atoms with Crippen LogP contribution in [0.15, 0.2) is 16.5 Å². The van der Waals surface area contributed by atoms with Crippen molar-refractivity contribution in [1.29, 1.82) is 0 Å². The van der Waals surface area contributed by atoms with E-state index >= 15 is 0 Å². The van der Waals surface area contributed by atoms with Gasteiger partial charge in [0.05, 0.1) is 13.2 Å². The highest BCUT2D eigenvalue weighted by atomic mass is 16.5. The van der Waals surface area contributed by atoms with Crippen molar-refractivity contribution >= 4 is 5.91 Å². The third-order valence-corrected chi connectivity index (χ3v) is 2.44. The number of rotatable bonds is 7. The Morgan fingerprint density at radius 2 is 2.24 bits per heavy atom. The Hall–Kier alpha value is -1.33. The van der Waals surface area contributed by atoms with Gasteiger partial charge in [-0.1, -0.05) is 6.92 Å². The molecule has 0 saturated carbocycles. The zero-order valence-corrected chi connectivity index (χ0v) is 10.3. The average molecular weight is 241 g/mol. The molecule has 0 unspecified atom stereocenters. The van der Waals surface area contributed by atoms with E-state index < -0.39 is 0 Å². The minimum absolute atomic E-state index is 0.0726. The molecule has 0 aliphatic rings. The second-order valence-corrected chi connectivity index (χ2v) is 3.63. The predicted molar refractivity (Wildman–Crippen MR) is 63.0 cm³/mol. The molecule has 0 radical (unpaired) electrons. The number of hydrogen-bond acceptors (Lipinski definition) is 4. The number of aryl methyl sites for hydroxylation is 1. The number of nitrogens with zero attached hydrogens (tertiary/aromatic N) is 1. The molecule has 5 nitrogen and oxygen atoms in total. The molecule has 0 aliphatic heterocycles. The summed E-state index contributed by atoms with van der Waals surface area (Å²) in [4.78, 5) is 13.6. The lowest BCUT2D eigenvalue weighted by Gasteiger charge is -2.19. The van der Waals surface area contributed by atoms with Gasteiger partial charge < -0.3 is 19.2 Å². The molecule has 1 aromatic heterocycles. The summed E-state index contributed by atoms with van der Waals surface area (Å²) < 4.78 is 10.3. The maximum atomic E-state index is 12.0. The number of amides is 1. The summed E-state index contributed by atoms with van der Waals surface area (Å²) >= 11 is 0. The Morgan fingerprint density at radius 3 is 2.76 bits per heavy atom. The second-order valence-electron chi connectivity index (χ2n) is 3.63. The largest absolute Gasteiger partial charge is 0.456 e. The molecule has 96 valence electrons. The van der Waals surface area contributed by atoms with Gasteiger partial charge in [0.2, 0.25) is 0 Å². The molecule has 0 atom stereocenters. The number of aliphatic hydroxyl groups is 1. The molecule has 0 spiro atoms. The van der Waals surface area contributed by atoms with Crippen molar-refractivity contribution < 1.29 is 19.1 Å². The van der Waals surface area contributed by atoms with Crippen LogP contribution in [0.25, 0.3) is 0 Å². The van der Waals surface area contributed by atoms with E-state index in [0.29, 0.717) is 18.9 Å². The molecule has 0 aliphatic carbocycles. The Balaban J connectivity index is 2.68. The van der Waals surface area contributed by atoms with Crippen molar-refractivity contribution in [2.24, 2.45) is 0 Å². The number of methoxy groups -OCH3 is 1. The monoisotopic (exact) mass is 241 g/mol. The van der Waals surface area contributed by atoms with Gasteiger partial charge in [0, 0.05) is 26.6 Å². The molecule has 1 amide bonds. The van der Waals surface area contributed by atoms with Crippen molar-refractivity contribution in [3.05, 3.63) is 23.7 Å². The maximum Gasteiger partial charge on any atom is 0.289 e. The number of carbonyl (C=O) groups excluding carboxylic acids is 1. The Labute approximate surface area is 101 Å². The molecule has 0 aromatic carbocycles. The zero-order valence-electron chi connectivity index (χ0n) is 10.3. The molecule has 0 saturated heterocycles. The van der Waals surface area contributed by atoms with Crippen molar-refractivity contribution in [3.63, 3.8) is 0 Å². The number of ether oxygens (including phenoxy) is 1. The van der Waals surface area contributed by atoms with E-state index in [2.05, 4.69) is 0 Å². The number of aliphatic hydroxyl groups excluding tert-OH is 1. The van der Waals surface area contributed by atoms with E-state index in [0.717, 1.165) is 12.2 Å². The Kier molecular flexibility index (Phi) is 5.72. The molecular weight excluding hydrogens is 222 g/mol. The first-order valence-corrected chi connectivity index (χ1v) is 5.70. The molecule has 1 rings (SSSR count). The third-order valence-electron chi connectivity index (χ3n) is 2.44. The third kappa shape index (κ3) is 3.87. The highest BCUT2D eigenvalue weighted by Crippen LogP contribution is 2.11. The Bertz CT molecular complexity index is 348. The van der Waals surface area contributed by atoms with E-state index in [1.165, 1.54) is 4.90 Å². The topological polar surface area (TPSA) is 62.9 Å². The van der Waals surface area contributed by atoms with Crippen LogP contribution in [-0.2, 0) is 11.2 Å². The number of hydrogen-bond donors (Lipinski definition) is 1. The van der Waals surface area contributed by atoms with Crippen molar-refractivity contribution in [1.82, 2.24) is 4.90 Å². The van der Waals surface area contributed by atoms with Gasteiger partial charge in [0.25, 0.3) is 5.91 Å². The van der Waals surface area contributed by atoms with Gasteiger partial charge in [-0.15, -0.1) is 0 Å². The van der Waals surface area contributed by atoms with Gasteiger partial charge in [0.1, 0.15) is 5.76 Å². The van der Waals surface area contributed by atoms with Crippen LogP contribution >= 0.6 is 0 Å². The smallest absolute Gasteiger partial charge is 0.289 e.